The van der Waals surface area contributed by atoms with E-state index >= 15 is 0 Å². The lowest BCUT2D eigenvalue weighted by molar-refractivity contribution is 1.32. The van der Waals surface area contributed by atoms with Crippen LogP contribution in [0.25, 0.3) is 0 Å². The molecule has 0 radical (unpaired) electrons. The summed E-state index contributed by atoms with van der Waals surface area (Å²) in [7, 11) is 0. The van der Waals surface area contributed by atoms with Crippen LogP contribution in [0.3, 0.4) is 0 Å². The van der Waals surface area contributed by atoms with E-state index in [-0.39, 0.29) is 20.4 Å². The SMILES string of the molecule is [CH3][Mg][c]1cc(C)cc(C)c1C. The molecule has 0 heterocycles. The standard InChI is InChI=1S/C9H11.CH3.Mg/c1-7-4-5-8(2)9(3)6-7;;/h4,6H,1-3H3;1H3;. The van der Waals surface area contributed by atoms with E-state index in [4.69, 9.17) is 0 Å². The Morgan fingerprint density at radius 1 is 1.09 bits per heavy atom. The summed E-state index contributed by atoms with van der Waals surface area (Å²) in [5.74, 6) is 0. The summed E-state index contributed by atoms with van der Waals surface area (Å²) < 4.78 is 1.63. The molecule has 0 aliphatic heterocycles. The summed E-state index contributed by atoms with van der Waals surface area (Å²) in [6.07, 6.45) is 0. The number of hydrogen-bond acceptors (Lipinski definition) is 0. The van der Waals surface area contributed by atoms with Crippen LogP contribution in [-0.4, -0.2) is 20.4 Å². The quantitative estimate of drug-likeness (QED) is 0.549. The molecule has 0 aliphatic carbocycles. The van der Waals surface area contributed by atoms with E-state index in [1.807, 2.05) is 0 Å². The van der Waals surface area contributed by atoms with E-state index in [0.29, 0.717) is 0 Å². The van der Waals surface area contributed by atoms with Gasteiger partial charge >= 0.3 is 20.4 Å². The van der Waals surface area contributed by atoms with E-state index in [0.717, 1.165) is 0 Å². The van der Waals surface area contributed by atoms with Crippen LogP contribution in [0.15, 0.2) is 12.1 Å². The Morgan fingerprint density at radius 3 is 2.27 bits per heavy atom. The maximum absolute atomic E-state index is 2.35. The molecule has 56 valence electrons. The largest absolute Gasteiger partial charge is 0.405 e. The van der Waals surface area contributed by atoms with E-state index in [9.17, 15) is 0 Å². The third-order valence-electron chi connectivity index (χ3n) is 2.30. The third kappa shape index (κ3) is 1.97. The summed E-state index contributed by atoms with van der Waals surface area (Å²) in [6, 6.07) is 4.61. The zero-order valence-electron chi connectivity index (χ0n) is 7.86. The van der Waals surface area contributed by atoms with Gasteiger partial charge in [-0.05, 0) is 20.8 Å². The van der Waals surface area contributed by atoms with E-state index in [1.54, 1.807) is 3.69 Å². The van der Waals surface area contributed by atoms with Gasteiger partial charge < -0.3 is 0 Å². The van der Waals surface area contributed by atoms with Crippen molar-refractivity contribution in [2.75, 3.05) is 0 Å². The van der Waals surface area contributed by atoms with Crippen molar-refractivity contribution in [2.24, 2.45) is 0 Å². The molecule has 0 N–H and O–H groups in total. The minimum absolute atomic E-state index is 0.0196. The molecule has 0 aromatic heterocycles. The van der Waals surface area contributed by atoms with Crippen molar-refractivity contribution in [1.29, 1.82) is 0 Å². The Labute approximate surface area is 78.7 Å². The van der Waals surface area contributed by atoms with Gasteiger partial charge in [-0.25, -0.2) is 0 Å². The number of rotatable bonds is 1. The first-order valence-electron chi connectivity index (χ1n) is 4.22. The van der Waals surface area contributed by atoms with Gasteiger partial charge in [-0.3, -0.25) is 0 Å². The normalized spacial score (nSPS) is 9.45. The van der Waals surface area contributed by atoms with Gasteiger partial charge in [0, 0.05) is 0 Å². The predicted molar refractivity (Wildman–Crippen MR) is 51.9 cm³/mol. The molecule has 0 saturated carbocycles. The average molecular weight is 159 g/mol. The lowest BCUT2D eigenvalue weighted by atomic mass is 10.1. The molecule has 1 aromatic carbocycles. The van der Waals surface area contributed by atoms with Crippen molar-refractivity contribution in [3.05, 3.63) is 28.8 Å². The third-order valence-corrected chi connectivity index (χ3v) is 3.80. The number of benzene rings is 1. The Bertz CT molecular complexity index is 264. The van der Waals surface area contributed by atoms with Gasteiger partial charge in [-0.1, -0.05) is 28.8 Å². The Balaban J connectivity index is 3.24. The number of hydrogen-bond donors (Lipinski definition) is 0. The van der Waals surface area contributed by atoms with Crippen LogP contribution in [0, 0.1) is 20.8 Å². The van der Waals surface area contributed by atoms with E-state index in [1.165, 1.54) is 16.7 Å². The smallest absolute Gasteiger partial charge is 0.171 e. The molecular weight excluding hydrogens is 144 g/mol. The van der Waals surface area contributed by atoms with Gasteiger partial charge in [0.15, 0.2) is 0 Å². The van der Waals surface area contributed by atoms with Crippen LogP contribution in [0.5, 0.6) is 0 Å². The second-order valence-electron chi connectivity index (χ2n) is 3.22. The van der Waals surface area contributed by atoms with Gasteiger partial charge in [-0.2, -0.15) is 3.69 Å². The number of aryl methyl sites for hydroxylation is 2. The van der Waals surface area contributed by atoms with Crippen molar-refractivity contribution < 1.29 is 0 Å². The fourth-order valence-electron chi connectivity index (χ4n) is 1.49. The van der Waals surface area contributed by atoms with E-state index in [2.05, 4.69) is 38.0 Å². The fraction of sp³-hybridized carbons (Fsp3) is 0.400. The summed E-state index contributed by atoms with van der Waals surface area (Å²) in [5.41, 5.74) is 4.39. The lowest BCUT2D eigenvalue weighted by Crippen LogP contribution is -2.16. The first-order chi connectivity index (χ1) is 5.15. The average Bonchev–Trinajstić information content (AvgIpc) is 1.96. The van der Waals surface area contributed by atoms with Crippen molar-refractivity contribution in [1.82, 2.24) is 0 Å². The Kier molecular flexibility index (Phi) is 2.96. The monoisotopic (exact) mass is 158 g/mol. The van der Waals surface area contributed by atoms with Crippen LogP contribution in [0.1, 0.15) is 16.7 Å². The summed E-state index contributed by atoms with van der Waals surface area (Å²) in [6.45, 7) is 6.62. The summed E-state index contributed by atoms with van der Waals surface area (Å²) in [4.78, 5) is 0. The van der Waals surface area contributed by atoms with Crippen molar-refractivity contribution in [3.63, 3.8) is 0 Å². The molecule has 0 unspecified atom stereocenters. The molecular formula is C10H14Mg. The van der Waals surface area contributed by atoms with Crippen LogP contribution in [0.2, 0.25) is 5.05 Å². The first-order valence-corrected chi connectivity index (χ1v) is 6.34. The highest BCUT2D eigenvalue weighted by molar-refractivity contribution is 6.52. The minimum Gasteiger partial charge on any atom is -0.171 e. The van der Waals surface area contributed by atoms with Crippen LogP contribution >= 0.6 is 0 Å². The maximum Gasteiger partial charge on any atom is 0.405 e. The molecule has 0 aliphatic rings. The molecule has 0 saturated heterocycles. The summed E-state index contributed by atoms with van der Waals surface area (Å²) in [5, 5.41) is 2.35. The van der Waals surface area contributed by atoms with Gasteiger partial charge in [0.05, 0.1) is 0 Å². The summed E-state index contributed by atoms with van der Waals surface area (Å²) >= 11 is 0.0196. The van der Waals surface area contributed by atoms with Gasteiger partial charge in [-0.15, -0.1) is 5.05 Å². The zero-order chi connectivity index (χ0) is 8.43. The molecule has 0 amide bonds. The lowest BCUT2D eigenvalue weighted by Gasteiger charge is -2.08. The highest BCUT2D eigenvalue weighted by atomic mass is 24.5. The van der Waals surface area contributed by atoms with Gasteiger partial charge in [0.2, 0.25) is 0 Å². The second-order valence-corrected chi connectivity index (χ2v) is 4.69. The van der Waals surface area contributed by atoms with Crippen LogP contribution in [-0.2, 0) is 0 Å². The predicted octanol–water partition coefficient (Wildman–Crippen LogP) is 1.99. The Hall–Kier alpha value is -0.0138. The zero-order valence-corrected chi connectivity index (χ0v) is 9.28. The van der Waals surface area contributed by atoms with Crippen molar-refractivity contribution in [2.45, 2.75) is 25.8 Å². The van der Waals surface area contributed by atoms with Gasteiger partial charge in [0.25, 0.3) is 0 Å². The van der Waals surface area contributed by atoms with Crippen LogP contribution in [0.4, 0.5) is 0 Å². The second kappa shape index (κ2) is 3.59. The minimum atomic E-state index is 0.0196. The first kappa shape index (κ1) is 9.08. The molecule has 0 fully saturated rings. The van der Waals surface area contributed by atoms with E-state index < -0.39 is 0 Å². The highest BCUT2D eigenvalue weighted by Crippen LogP contribution is 2.06. The molecule has 0 nitrogen and oxygen atoms in total. The molecule has 1 aromatic rings. The maximum atomic E-state index is 2.35. The van der Waals surface area contributed by atoms with Crippen molar-refractivity contribution in [3.8, 4) is 0 Å². The van der Waals surface area contributed by atoms with Gasteiger partial charge in [0.1, 0.15) is 0 Å². The highest BCUT2D eigenvalue weighted by Gasteiger charge is 2.00. The van der Waals surface area contributed by atoms with Crippen LogP contribution < -0.4 is 3.69 Å². The molecule has 11 heavy (non-hydrogen) atoms. The van der Waals surface area contributed by atoms with Crippen molar-refractivity contribution >= 4 is 24.1 Å². The molecule has 1 heteroatoms. The molecule has 0 atom stereocenters. The molecule has 0 spiro atoms. The Morgan fingerprint density at radius 2 is 1.73 bits per heavy atom. The molecule has 0 bridgehead atoms. The molecule has 1 rings (SSSR count). The fourth-order valence-corrected chi connectivity index (χ4v) is 2.83. The topological polar surface area (TPSA) is 0 Å².